The van der Waals surface area contributed by atoms with Crippen molar-refractivity contribution < 1.29 is 14.7 Å². The van der Waals surface area contributed by atoms with Gasteiger partial charge in [0.15, 0.2) is 0 Å². The molecule has 1 aliphatic carbocycles. The number of aromatic carboxylic acids is 1. The van der Waals surface area contributed by atoms with E-state index in [0.717, 1.165) is 30.6 Å². The molecule has 6 nitrogen and oxygen atoms in total. The van der Waals surface area contributed by atoms with Crippen LogP contribution in [0.1, 0.15) is 62.7 Å². The molecule has 2 aromatic rings. The normalized spacial score (nSPS) is 20.8. The zero-order valence-corrected chi connectivity index (χ0v) is 15.7. The summed E-state index contributed by atoms with van der Waals surface area (Å²) in [5.41, 5.74) is 1.58. The number of hydrogen-bond acceptors (Lipinski definition) is 4. The molecule has 2 aliphatic rings. The number of likely N-dealkylation sites (tertiary alicyclic amines) is 1. The zero-order valence-electron chi connectivity index (χ0n) is 14.9. The predicted octanol–water partition coefficient (Wildman–Crippen LogP) is 3.24. The number of thiophene rings is 1. The van der Waals surface area contributed by atoms with E-state index >= 15 is 0 Å². The zero-order chi connectivity index (χ0) is 18.3. The third-order valence-corrected chi connectivity index (χ3v) is 6.74. The van der Waals surface area contributed by atoms with E-state index in [9.17, 15) is 9.59 Å². The van der Waals surface area contributed by atoms with Crippen LogP contribution in [0.4, 0.5) is 0 Å². The third kappa shape index (κ3) is 3.28. The number of amides is 1. The van der Waals surface area contributed by atoms with Crippen LogP contribution in [-0.2, 0) is 12.8 Å². The predicted molar refractivity (Wildman–Crippen MR) is 98.9 cm³/mol. The molecule has 2 aromatic heterocycles. The van der Waals surface area contributed by atoms with Crippen LogP contribution in [0.3, 0.4) is 0 Å². The van der Waals surface area contributed by atoms with Gasteiger partial charge in [0.05, 0.1) is 22.7 Å². The maximum absolute atomic E-state index is 12.9. The number of aromatic nitrogens is 2. The number of carboxylic acid groups (broad SMARTS) is 1. The first kappa shape index (κ1) is 17.3. The number of fused-ring (bicyclic) bond motifs is 1. The fourth-order valence-electron chi connectivity index (χ4n) is 3.95. The van der Waals surface area contributed by atoms with Gasteiger partial charge in [0.25, 0.3) is 5.91 Å². The summed E-state index contributed by atoms with van der Waals surface area (Å²) in [4.78, 5) is 28.1. The van der Waals surface area contributed by atoms with Crippen molar-refractivity contribution in [2.24, 2.45) is 5.92 Å². The van der Waals surface area contributed by atoms with Crippen LogP contribution in [0, 0.1) is 5.92 Å². The van der Waals surface area contributed by atoms with Gasteiger partial charge in [-0.15, -0.1) is 11.3 Å². The van der Waals surface area contributed by atoms with Gasteiger partial charge in [-0.1, -0.05) is 6.92 Å². The number of carbonyl (C=O) groups is 2. The highest BCUT2D eigenvalue weighted by molar-refractivity contribution is 7.14. The third-order valence-electron chi connectivity index (χ3n) is 5.51. The van der Waals surface area contributed by atoms with E-state index in [0.29, 0.717) is 19.0 Å². The van der Waals surface area contributed by atoms with Gasteiger partial charge in [-0.2, -0.15) is 5.10 Å². The quantitative estimate of drug-likeness (QED) is 0.896. The molecular formula is C19H23N3O3S. The van der Waals surface area contributed by atoms with Crippen molar-refractivity contribution in [2.45, 2.75) is 45.1 Å². The lowest BCUT2D eigenvalue weighted by atomic mass is 9.90. The maximum atomic E-state index is 12.9. The van der Waals surface area contributed by atoms with E-state index < -0.39 is 5.97 Å². The van der Waals surface area contributed by atoms with Crippen LogP contribution in [0.5, 0.6) is 0 Å². The Balaban J connectivity index is 1.40. The lowest BCUT2D eigenvalue weighted by Crippen LogP contribution is -2.38. The number of aryl methyl sites for hydroxylation is 1. The monoisotopic (exact) mass is 373 g/mol. The van der Waals surface area contributed by atoms with Crippen LogP contribution in [-0.4, -0.2) is 44.8 Å². The summed E-state index contributed by atoms with van der Waals surface area (Å²) < 4.78 is 1.73. The molecule has 1 fully saturated rings. The lowest BCUT2D eigenvalue weighted by molar-refractivity contribution is 0.0691. The summed E-state index contributed by atoms with van der Waals surface area (Å²) in [6, 6.07) is 2.26. The number of piperidine rings is 1. The molecule has 1 N–H and O–H groups in total. The summed E-state index contributed by atoms with van der Waals surface area (Å²) in [6.45, 7) is 3.65. The second-order valence-electron chi connectivity index (χ2n) is 7.44. The van der Waals surface area contributed by atoms with Gasteiger partial charge in [0.1, 0.15) is 0 Å². The first-order valence-corrected chi connectivity index (χ1v) is 10.0. The van der Waals surface area contributed by atoms with E-state index in [-0.39, 0.29) is 17.5 Å². The number of rotatable bonds is 3. The number of carbonyl (C=O) groups excluding carboxylic acids is 1. The van der Waals surface area contributed by atoms with Crippen LogP contribution >= 0.6 is 11.3 Å². The first-order chi connectivity index (χ1) is 12.5. The van der Waals surface area contributed by atoms with Crippen molar-refractivity contribution >= 4 is 23.2 Å². The van der Waals surface area contributed by atoms with Crippen LogP contribution in [0.15, 0.2) is 18.5 Å². The molecule has 0 saturated carbocycles. The SMILES string of the molecule is CC1CCc2sc(C(=O)N3CCC(n4cc(C(=O)O)cn4)CC3)cc2C1. The fourth-order valence-corrected chi connectivity index (χ4v) is 5.13. The first-order valence-electron chi connectivity index (χ1n) is 9.19. The Labute approximate surface area is 156 Å². The Morgan fingerprint density at radius 1 is 1.27 bits per heavy atom. The number of nitrogens with zero attached hydrogens (tertiary/aromatic N) is 3. The number of carboxylic acids is 1. The van der Waals surface area contributed by atoms with Gasteiger partial charge in [0, 0.05) is 24.2 Å². The Hall–Kier alpha value is -2.15. The summed E-state index contributed by atoms with van der Waals surface area (Å²) in [6.07, 6.45) is 7.97. The van der Waals surface area contributed by atoms with Crippen molar-refractivity contribution in [3.63, 3.8) is 0 Å². The Bertz CT molecular complexity index is 833. The van der Waals surface area contributed by atoms with Gasteiger partial charge < -0.3 is 10.0 Å². The van der Waals surface area contributed by atoms with Gasteiger partial charge in [-0.25, -0.2) is 4.79 Å². The molecule has 0 aromatic carbocycles. The standard InChI is InChI=1S/C19H23N3O3S/c1-12-2-3-16-13(8-12)9-17(26-16)18(23)21-6-4-15(5-7-21)22-11-14(10-20-22)19(24)25/h9-12,15H,2-8H2,1H3,(H,24,25). The Morgan fingerprint density at radius 2 is 2.04 bits per heavy atom. The van der Waals surface area contributed by atoms with E-state index in [1.54, 1.807) is 22.2 Å². The largest absolute Gasteiger partial charge is 0.478 e. The smallest absolute Gasteiger partial charge is 0.338 e. The molecular weight excluding hydrogens is 350 g/mol. The Kier molecular flexibility index (Phi) is 4.56. The summed E-state index contributed by atoms with van der Waals surface area (Å²) in [5.74, 6) is -0.109. The van der Waals surface area contributed by atoms with Crippen molar-refractivity contribution in [3.05, 3.63) is 39.3 Å². The molecule has 1 atom stereocenters. The minimum absolute atomic E-state index is 0.141. The molecule has 4 rings (SSSR count). The molecule has 0 bridgehead atoms. The minimum atomic E-state index is -0.958. The highest BCUT2D eigenvalue weighted by Crippen LogP contribution is 2.33. The second-order valence-corrected chi connectivity index (χ2v) is 8.58. The van der Waals surface area contributed by atoms with E-state index in [1.807, 2.05) is 4.90 Å². The molecule has 1 aliphatic heterocycles. The van der Waals surface area contributed by atoms with Gasteiger partial charge in [-0.3, -0.25) is 9.48 Å². The van der Waals surface area contributed by atoms with Gasteiger partial charge in [0.2, 0.25) is 0 Å². The molecule has 1 saturated heterocycles. The molecule has 0 spiro atoms. The fraction of sp³-hybridized carbons (Fsp3) is 0.526. The van der Waals surface area contributed by atoms with Crippen LogP contribution < -0.4 is 0 Å². The molecule has 26 heavy (non-hydrogen) atoms. The van der Waals surface area contributed by atoms with E-state index in [2.05, 4.69) is 18.1 Å². The molecule has 3 heterocycles. The maximum Gasteiger partial charge on any atom is 0.338 e. The highest BCUT2D eigenvalue weighted by atomic mass is 32.1. The minimum Gasteiger partial charge on any atom is -0.478 e. The summed E-state index contributed by atoms with van der Waals surface area (Å²) in [7, 11) is 0. The van der Waals surface area contributed by atoms with Gasteiger partial charge >= 0.3 is 5.97 Å². The summed E-state index contributed by atoms with van der Waals surface area (Å²) >= 11 is 1.67. The average Bonchev–Trinajstić information content (AvgIpc) is 3.28. The lowest BCUT2D eigenvalue weighted by Gasteiger charge is -2.31. The van der Waals surface area contributed by atoms with E-state index in [4.69, 9.17) is 5.11 Å². The number of hydrogen-bond donors (Lipinski definition) is 1. The Morgan fingerprint density at radius 3 is 2.73 bits per heavy atom. The highest BCUT2D eigenvalue weighted by Gasteiger charge is 2.28. The topological polar surface area (TPSA) is 75.4 Å². The molecule has 1 unspecified atom stereocenters. The van der Waals surface area contributed by atoms with Crippen molar-refractivity contribution in [3.8, 4) is 0 Å². The second kappa shape index (κ2) is 6.87. The van der Waals surface area contributed by atoms with Crippen LogP contribution in [0.25, 0.3) is 0 Å². The molecule has 138 valence electrons. The summed E-state index contributed by atoms with van der Waals surface area (Å²) in [5, 5.41) is 13.2. The van der Waals surface area contributed by atoms with Crippen LogP contribution in [0.2, 0.25) is 0 Å². The molecule has 0 radical (unpaired) electrons. The van der Waals surface area contributed by atoms with Crippen molar-refractivity contribution in [1.29, 1.82) is 0 Å². The van der Waals surface area contributed by atoms with E-state index in [1.165, 1.54) is 23.1 Å². The van der Waals surface area contributed by atoms with Crippen molar-refractivity contribution in [1.82, 2.24) is 14.7 Å². The molecule has 7 heteroatoms. The van der Waals surface area contributed by atoms with Crippen molar-refractivity contribution in [2.75, 3.05) is 13.1 Å². The molecule has 1 amide bonds. The average molecular weight is 373 g/mol. The van der Waals surface area contributed by atoms with Gasteiger partial charge in [-0.05, 0) is 49.7 Å².